The zero-order valence-electron chi connectivity index (χ0n) is 11.7. The lowest BCUT2D eigenvalue weighted by molar-refractivity contribution is 0.459. The Morgan fingerprint density at radius 3 is 2.89 bits per heavy atom. The van der Waals surface area contributed by atoms with Gasteiger partial charge in [0, 0.05) is 12.2 Å². The summed E-state index contributed by atoms with van der Waals surface area (Å²) in [6, 6.07) is 0. The highest BCUT2D eigenvalue weighted by atomic mass is 15.3. The first-order valence-corrected chi connectivity index (χ1v) is 7.13. The van der Waals surface area contributed by atoms with Crippen molar-refractivity contribution in [3.8, 4) is 0 Å². The molecule has 2 aromatic heterocycles. The zero-order chi connectivity index (χ0) is 13.2. The molecule has 5 nitrogen and oxygen atoms in total. The van der Waals surface area contributed by atoms with Crippen molar-refractivity contribution < 1.29 is 0 Å². The van der Waals surface area contributed by atoms with Crippen LogP contribution < -0.4 is 0 Å². The molecule has 0 aliphatic heterocycles. The number of hydrogen-bond donors (Lipinski definition) is 0. The predicted molar refractivity (Wildman–Crippen MR) is 72.8 cm³/mol. The Bertz CT molecular complexity index is 552. The van der Waals surface area contributed by atoms with Crippen LogP contribution in [0, 0.1) is 5.92 Å². The second-order valence-electron chi connectivity index (χ2n) is 5.73. The van der Waals surface area contributed by atoms with E-state index in [0.717, 1.165) is 31.8 Å². The Morgan fingerprint density at radius 2 is 2.05 bits per heavy atom. The minimum atomic E-state index is 0.581. The lowest BCUT2D eigenvalue weighted by Gasteiger charge is -2.14. The first-order chi connectivity index (χ1) is 9.24. The molecule has 0 unspecified atom stereocenters. The van der Waals surface area contributed by atoms with E-state index in [0.29, 0.717) is 5.92 Å². The van der Waals surface area contributed by atoms with Crippen LogP contribution in [-0.2, 0) is 25.9 Å². The quantitative estimate of drug-likeness (QED) is 0.844. The minimum Gasteiger partial charge on any atom is -0.327 e. The first-order valence-electron chi connectivity index (χ1n) is 7.13. The van der Waals surface area contributed by atoms with Crippen LogP contribution in [0.25, 0.3) is 0 Å². The van der Waals surface area contributed by atoms with Crippen molar-refractivity contribution in [2.75, 3.05) is 0 Å². The monoisotopic (exact) mass is 259 g/mol. The van der Waals surface area contributed by atoms with Gasteiger partial charge in [-0.2, -0.15) is 5.10 Å². The molecule has 0 spiro atoms. The Kier molecular flexibility index (Phi) is 3.36. The standard InChI is InChI=1S/C14H21N5/c1-11(2)7-19-14(15-9-17-19)8-18-10-16-12-5-3-4-6-13(12)18/h9-11H,3-8H2,1-2H3. The van der Waals surface area contributed by atoms with Crippen molar-refractivity contribution in [2.24, 2.45) is 5.92 Å². The Balaban J connectivity index is 1.81. The molecule has 0 atom stereocenters. The van der Waals surface area contributed by atoms with Gasteiger partial charge >= 0.3 is 0 Å². The SMILES string of the molecule is CC(C)Cn1ncnc1Cn1cnc2c1CCCC2. The topological polar surface area (TPSA) is 48.5 Å². The van der Waals surface area contributed by atoms with E-state index in [1.165, 1.54) is 24.2 Å². The van der Waals surface area contributed by atoms with Crippen LogP contribution in [0.15, 0.2) is 12.7 Å². The molecule has 0 saturated heterocycles. The maximum absolute atomic E-state index is 4.53. The Morgan fingerprint density at radius 1 is 1.21 bits per heavy atom. The van der Waals surface area contributed by atoms with Crippen LogP contribution in [0.5, 0.6) is 0 Å². The molecule has 2 heterocycles. The highest BCUT2D eigenvalue weighted by Crippen LogP contribution is 2.20. The third kappa shape index (κ3) is 2.55. The van der Waals surface area contributed by atoms with Gasteiger partial charge in [-0.3, -0.25) is 0 Å². The lowest BCUT2D eigenvalue weighted by Crippen LogP contribution is -2.15. The van der Waals surface area contributed by atoms with Crippen LogP contribution >= 0.6 is 0 Å². The molecule has 3 rings (SSSR count). The average molecular weight is 259 g/mol. The Labute approximate surface area is 113 Å². The second kappa shape index (κ2) is 5.15. The molecule has 0 N–H and O–H groups in total. The summed E-state index contributed by atoms with van der Waals surface area (Å²) in [5, 5.41) is 4.32. The number of nitrogens with zero attached hydrogens (tertiary/aromatic N) is 5. The number of imidazole rings is 1. The minimum absolute atomic E-state index is 0.581. The molecule has 19 heavy (non-hydrogen) atoms. The van der Waals surface area contributed by atoms with Gasteiger partial charge in [0.25, 0.3) is 0 Å². The number of aryl methyl sites for hydroxylation is 1. The third-order valence-electron chi connectivity index (χ3n) is 3.66. The van der Waals surface area contributed by atoms with Crippen LogP contribution in [0.1, 0.15) is 43.9 Å². The summed E-state index contributed by atoms with van der Waals surface area (Å²) in [6.45, 7) is 6.11. The molecule has 0 bridgehead atoms. The lowest BCUT2D eigenvalue weighted by atomic mass is 10.0. The van der Waals surface area contributed by atoms with Crippen molar-refractivity contribution in [2.45, 2.75) is 52.6 Å². The molecule has 0 saturated carbocycles. The van der Waals surface area contributed by atoms with E-state index in [9.17, 15) is 0 Å². The smallest absolute Gasteiger partial charge is 0.146 e. The number of rotatable bonds is 4. The zero-order valence-corrected chi connectivity index (χ0v) is 11.7. The summed E-state index contributed by atoms with van der Waals surface area (Å²) in [6.07, 6.45) is 8.44. The maximum atomic E-state index is 4.53. The van der Waals surface area contributed by atoms with Crippen LogP contribution in [0.4, 0.5) is 0 Å². The van der Waals surface area contributed by atoms with Crippen LogP contribution in [0.2, 0.25) is 0 Å². The highest BCUT2D eigenvalue weighted by Gasteiger charge is 2.16. The van der Waals surface area contributed by atoms with Gasteiger partial charge in [-0.25, -0.2) is 14.6 Å². The van der Waals surface area contributed by atoms with Gasteiger partial charge in [0.15, 0.2) is 0 Å². The van der Waals surface area contributed by atoms with Gasteiger partial charge in [-0.15, -0.1) is 0 Å². The molecule has 2 aromatic rings. The van der Waals surface area contributed by atoms with E-state index in [-0.39, 0.29) is 0 Å². The number of fused-ring (bicyclic) bond motifs is 1. The molecule has 5 heteroatoms. The van der Waals surface area contributed by atoms with E-state index in [4.69, 9.17) is 0 Å². The van der Waals surface area contributed by atoms with Crippen molar-refractivity contribution in [3.63, 3.8) is 0 Å². The molecular weight excluding hydrogens is 238 g/mol. The van der Waals surface area contributed by atoms with Crippen molar-refractivity contribution in [1.29, 1.82) is 0 Å². The van der Waals surface area contributed by atoms with E-state index < -0.39 is 0 Å². The van der Waals surface area contributed by atoms with Gasteiger partial charge in [0.2, 0.25) is 0 Å². The summed E-state index contributed by atoms with van der Waals surface area (Å²) >= 11 is 0. The van der Waals surface area contributed by atoms with Crippen molar-refractivity contribution >= 4 is 0 Å². The molecule has 0 fully saturated rings. The fourth-order valence-corrected chi connectivity index (χ4v) is 2.73. The summed E-state index contributed by atoms with van der Waals surface area (Å²) in [5.41, 5.74) is 2.67. The van der Waals surface area contributed by atoms with Crippen molar-refractivity contribution in [3.05, 3.63) is 29.9 Å². The van der Waals surface area contributed by atoms with Gasteiger partial charge in [-0.1, -0.05) is 13.8 Å². The van der Waals surface area contributed by atoms with Crippen LogP contribution in [-0.4, -0.2) is 24.3 Å². The van der Waals surface area contributed by atoms with Gasteiger partial charge < -0.3 is 4.57 Å². The van der Waals surface area contributed by atoms with E-state index in [1.54, 1.807) is 6.33 Å². The summed E-state index contributed by atoms with van der Waals surface area (Å²) < 4.78 is 4.26. The van der Waals surface area contributed by atoms with Crippen LogP contribution in [0.3, 0.4) is 0 Å². The Hall–Kier alpha value is -1.65. The first kappa shape index (κ1) is 12.4. The van der Waals surface area contributed by atoms with E-state index in [2.05, 4.69) is 33.5 Å². The summed E-state index contributed by atoms with van der Waals surface area (Å²) in [4.78, 5) is 8.93. The fourth-order valence-electron chi connectivity index (χ4n) is 2.73. The van der Waals surface area contributed by atoms with Gasteiger partial charge in [0.05, 0.1) is 18.6 Å². The summed E-state index contributed by atoms with van der Waals surface area (Å²) in [7, 11) is 0. The molecule has 1 aliphatic carbocycles. The summed E-state index contributed by atoms with van der Waals surface area (Å²) in [5.74, 6) is 1.61. The number of hydrogen-bond acceptors (Lipinski definition) is 3. The number of aromatic nitrogens is 5. The normalized spacial score (nSPS) is 14.9. The average Bonchev–Trinajstić information content (AvgIpc) is 2.98. The second-order valence-corrected chi connectivity index (χ2v) is 5.73. The fraction of sp³-hybridized carbons (Fsp3) is 0.643. The maximum Gasteiger partial charge on any atom is 0.146 e. The third-order valence-corrected chi connectivity index (χ3v) is 3.66. The predicted octanol–water partition coefficient (Wildman–Crippen LogP) is 2.06. The van der Waals surface area contributed by atoms with Gasteiger partial charge in [-0.05, 0) is 31.6 Å². The van der Waals surface area contributed by atoms with E-state index in [1.807, 2.05) is 11.0 Å². The molecule has 0 aromatic carbocycles. The molecule has 102 valence electrons. The highest BCUT2D eigenvalue weighted by molar-refractivity contribution is 5.17. The van der Waals surface area contributed by atoms with Crippen molar-refractivity contribution in [1.82, 2.24) is 24.3 Å². The molecule has 0 radical (unpaired) electrons. The molecule has 1 aliphatic rings. The van der Waals surface area contributed by atoms with E-state index >= 15 is 0 Å². The molecule has 0 amide bonds. The van der Waals surface area contributed by atoms with Gasteiger partial charge in [0.1, 0.15) is 12.2 Å². The molecular formula is C14H21N5. The largest absolute Gasteiger partial charge is 0.327 e.